The van der Waals surface area contributed by atoms with Crippen LogP contribution in [0.15, 0.2) is 27.6 Å². The molecule has 0 aromatic carbocycles. The summed E-state index contributed by atoms with van der Waals surface area (Å²) in [5, 5.41) is 3.48. The Morgan fingerprint density at radius 3 is 3.06 bits per heavy atom. The fourth-order valence-corrected chi connectivity index (χ4v) is 2.09. The molecular weight excluding hydrogens is 268 g/mol. The van der Waals surface area contributed by atoms with E-state index in [1.165, 1.54) is 12.8 Å². The Kier molecular flexibility index (Phi) is 3.82. The Bertz CT molecular complexity index is 412. The maximum absolute atomic E-state index is 11.8. The fourth-order valence-electron chi connectivity index (χ4n) is 1.71. The Morgan fingerprint density at radius 2 is 2.38 bits per heavy atom. The van der Waals surface area contributed by atoms with Crippen molar-refractivity contribution in [2.24, 2.45) is 5.92 Å². The van der Waals surface area contributed by atoms with Crippen molar-refractivity contribution in [2.45, 2.75) is 32.4 Å². The summed E-state index contributed by atoms with van der Waals surface area (Å²) < 4.78 is 2.40. The van der Waals surface area contributed by atoms with E-state index in [4.69, 9.17) is 0 Å². The first-order valence-corrected chi connectivity index (χ1v) is 6.54. The van der Waals surface area contributed by atoms with Gasteiger partial charge in [-0.05, 0) is 53.4 Å². The molecular formula is C12H17BrN2O. The van der Waals surface area contributed by atoms with E-state index in [2.05, 4.69) is 28.2 Å². The molecule has 3 nitrogen and oxygen atoms in total. The Labute approximate surface area is 104 Å². The van der Waals surface area contributed by atoms with Gasteiger partial charge in [-0.2, -0.15) is 0 Å². The number of rotatable bonds is 5. The zero-order valence-electron chi connectivity index (χ0n) is 9.45. The van der Waals surface area contributed by atoms with Gasteiger partial charge in [-0.25, -0.2) is 0 Å². The number of hydrogen-bond acceptors (Lipinski definition) is 2. The number of nitrogens with one attached hydrogen (secondary N) is 1. The molecule has 0 saturated heterocycles. The molecule has 0 aliphatic heterocycles. The molecule has 1 fully saturated rings. The van der Waals surface area contributed by atoms with Crippen molar-refractivity contribution in [1.29, 1.82) is 0 Å². The van der Waals surface area contributed by atoms with E-state index in [-0.39, 0.29) is 5.56 Å². The smallest absolute Gasteiger partial charge is 0.264 e. The normalized spacial score (nSPS) is 17.4. The summed E-state index contributed by atoms with van der Waals surface area (Å²) in [6.45, 7) is 3.93. The van der Waals surface area contributed by atoms with E-state index in [1.54, 1.807) is 10.6 Å². The largest absolute Gasteiger partial charge is 0.314 e. The number of nitrogens with zero attached hydrogens (tertiary/aromatic N) is 1. The molecule has 1 aliphatic carbocycles. The summed E-state index contributed by atoms with van der Waals surface area (Å²) in [7, 11) is 0. The van der Waals surface area contributed by atoms with Crippen molar-refractivity contribution in [3.05, 3.63) is 33.2 Å². The van der Waals surface area contributed by atoms with Gasteiger partial charge >= 0.3 is 0 Å². The Balaban J connectivity index is 1.91. The van der Waals surface area contributed by atoms with Crippen LogP contribution in [0.2, 0.25) is 0 Å². The van der Waals surface area contributed by atoms with Crippen LogP contribution >= 0.6 is 15.9 Å². The Hall–Kier alpha value is -0.610. The monoisotopic (exact) mass is 284 g/mol. The minimum absolute atomic E-state index is 0.0563. The topological polar surface area (TPSA) is 34.0 Å². The van der Waals surface area contributed by atoms with Gasteiger partial charge in [-0.1, -0.05) is 6.92 Å². The standard InChI is InChI=1S/C12H17BrN2O/c1-9(7-14-10-4-5-10)8-15-6-2-3-11(13)12(15)16/h2-3,6,9-10,14H,4-5,7-8H2,1H3. The van der Waals surface area contributed by atoms with Crippen LogP contribution in [-0.4, -0.2) is 17.2 Å². The molecule has 1 heterocycles. The highest BCUT2D eigenvalue weighted by atomic mass is 79.9. The number of hydrogen-bond donors (Lipinski definition) is 1. The molecule has 1 N–H and O–H groups in total. The molecule has 1 aliphatic rings. The lowest BCUT2D eigenvalue weighted by molar-refractivity contribution is 0.437. The quantitative estimate of drug-likeness (QED) is 0.898. The van der Waals surface area contributed by atoms with Gasteiger partial charge in [-0.15, -0.1) is 0 Å². The Morgan fingerprint density at radius 1 is 1.62 bits per heavy atom. The minimum atomic E-state index is 0.0563. The fraction of sp³-hybridized carbons (Fsp3) is 0.583. The van der Waals surface area contributed by atoms with E-state index >= 15 is 0 Å². The molecule has 1 aromatic rings. The number of halogens is 1. The lowest BCUT2D eigenvalue weighted by Crippen LogP contribution is -2.29. The average Bonchev–Trinajstić information content (AvgIpc) is 3.06. The molecule has 1 saturated carbocycles. The van der Waals surface area contributed by atoms with Crippen molar-refractivity contribution < 1.29 is 0 Å². The second-order valence-corrected chi connectivity index (χ2v) is 5.46. The van der Waals surface area contributed by atoms with E-state index in [0.29, 0.717) is 10.4 Å². The van der Waals surface area contributed by atoms with Gasteiger partial charge < -0.3 is 9.88 Å². The number of pyridine rings is 1. The highest BCUT2D eigenvalue weighted by Gasteiger charge is 2.20. The van der Waals surface area contributed by atoms with Gasteiger partial charge in [0, 0.05) is 18.8 Å². The van der Waals surface area contributed by atoms with E-state index < -0.39 is 0 Å². The third-order valence-electron chi connectivity index (χ3n) is 2.81. The van der Waals surface area contributed by atoms with Crippen LogP contribution in [0, 0.1) is 5.92 Å². The van der Waals surface area contributed by atoms with Gasteiger partial charge in [0.2, 0.25) is 0 Å². The first-order chi connectivity index (χ1) is 7.66. The SMILES string of the molecule is CC(CNC1CC1)Cn1cccc(Br)c1=O. The summed E-state index contributed by atoms with van der Waals surface area (Å²) in [6, 6.07) is 4.42. The second-order valence-electron chi connectivity index (χ2n) is 4.60. The average molecular weight is 285 g/mol. The van der Waals surface area contributed by atoms with Crippen LogP contribution in [0.3, 0.4) is 0 Å². The second kappa shape index (κ2) is 5.15. The first-order valence-electron chi connectivity index (χ1n) is 5.75. The summed E-state index contributed by atoms with van der Waals surface area (Å²) in [4.78, 5) is 11.8. The van der Waals surface area contributed by atoms with E-state index in [1.807, 2.05) is 12.3 Å². The molecule has 0 radical (unpaired) electrons. The maximum Gasteiger partial charge on any atom is 0.264 e. The molecule has 2 rings (SSSR count). The van der Waals surface area contributed by atoms with Crippen molar-refractivity contribution in [3.63, 3.8) is 0 Å². The maximum atomic E-state index is 11.8. The molecule has 4 heteroatoms. The van der Waals surface area contributed by atoms with Gasteiger partial charge in [0.05, 0.1) is 4.47 Å². The van der Waals surface area contributed by atoms with E-state index in [9.17, 15) is 4.79 Å². The molecule has 16 heavy (non-hydrogen) atoms. The van der Waals surface area contributed by atoms with Crippen molar-refractivity contribution in [2.75, 3.05) is 6.54 Å². The van der Waals surface area contributed by atoms with Crippen LogP contribution in [0.4, 0.5) is 0 Å². The lowest BCUT2D eigenvalue weighted by atomic mass is 10.2. The van der Waals surface area contributed by atoms with Crippen LogP contribution in [-0.2, 0) is 6.54 Å². The highest BCUT2D eigenvalue weighted by Crippen LogP contribution is 2.18. The minimum Gasteiger partial charge on any atom is -0.314 e. The lowest BCUT2D eigenvalue weighted by Gasteiger charge is -2.14. The molecule has 88 valence electrons. The van der Waals surface area contributed by atoms with Crippen molar-refractivity contribution in [1.82, 2.24) is 9.88 Å². The predicted octanol–water partition coefficient (Wildman–Crippen LogP) is 2.00. The summed E-state index contributed by atoms with van der Waals surface area (Å²) in [5.74, 6) is 0.479. The van der Waals surface area contributed by atoms with Crippen LogP contribution in [0.1, 0.15) is 19.8 Å². The van der Waals surface area contributed by atoms with Crippen LogP contribution < -0.4 is 10.9 Å². The molecule has 1 aromatic heterocycles. The molecule has 0 bridgehead atoms. The van der Waals surface area contributed by atoms with Gasteiger partial charge in [-0.3, -0.25) is 4.79 Å². The highest BCUT2D eigenvalue weighted by molar-refractivity contribution is 9.10. The van der Waals surface area contributed by atoms with Gasteiger partial charge in [0.1, 0.15) is 0 Å². The number of aromatic nitrogens is 1. The van der Waals surface area contributed by atoms with Crippen LogP contribution in [0.5, 0.6) is 0 Å². The summed E-state index contributed by atoms with van der Waals surface area (Å²) in [6.07, 6.45) is 4.47. The summed E-state index contributed by atoms with van der Waals surface area (Å²) >= 11 is 3.26. The first kappa shape index (κ1) is 11.9. The third kappa shape index (κ3) is 3.19. The van der Waals surface area contributed by atoms with E-state index in [0.717, 1.165) is 19.1 Å². The van der Waals surface area contributed by atoms with Crippen molar-refractivity contribution >= 4 is 15.9 Å². The summed E-state index contributed by atoms with van der Waals surface area (Å²) in [5.41, 5.74) is 0.0563. The zero-order valence-corrected chi connectivity index (χ0v) is 11.0. The molecule has 0 amide bonds. The predicted molar refractivity (Wildman–Crippen MR) is 68.6 cm³/mol. The van der Waals surface area contributed by atoms with Crippen LogP contribution in [0.25, 0.3) is 0 Å². The molecule has 0 spiro atoms. The van der Waals surface area contributed by atoms with Gasteiger partial charge in [0.15, 0.2) is 0 Å². The molecule has 1 unspecified atom stereocenters. The van der Waals surface area contributed by atoms with Crippen molar-refractivity contribution in [3.8, 4) is 0 Å². The molecule has 1 atom stereocenters. The van der Waals surface area contributed by atoms with Gasteiger partial charge in [0.25, 0.3) is 5.56 Å². The third-order valence-corrected chi connectivity index (χ3v) is 3.42. The zero-order chi connectivity index (χ0) is 11.5.